The van der Waals surface area contributed by atoms with Gasteiger partial charge in [-0.05, 0) is 18.0 Å². The number of aromatic nitrogens is 2. The van der Waals surface area contributed by atoms with Crippen molar-refractivity contribution in [2.75, 3.05) is 6.54 Å². The largest absolute Gasteiger partial charge is 0.305 e. The van der Waals surface area contributed by atoms with Gasteiger partial charge in [-0.25, -0.2) is 0 Å². The molecule has 86 valence electrons. The minimum absolute atomic E-state index is 0.130. The first-order valence-corrected chi connectivity index (χ1v) is 6.44. The molecule has 2 aromatic rings. The fraction of sp³-hybridized carbons (Fsp3) is 0.364. The smallest absolute Gasteiger partial charge is 0.0856 e. The maximum atomic E-state index is 6.17. The molecule has 0 radical (unpaired) electrons. The molecule has 3 nitrogen and oxygen atoms in total. The van der Waals surface area contributed by atoms with E-state index in [1.807, 2.05) is 11.7 Å². The molecule has 1 unspecified atom stereocenters. The lowest BCUT2D eigenvalue weighted by atomic mass is 10.1. The fourth-order valence-corrected chi connectivity index (χ4v) is 2.81. The van der Waals surface area contributed by atoms with Crippen LogP contribution in [0.25, 0.3) is 0 Å². The molecule has 0 fully saturated rings. The van der Waals surface area contributed by atoms with Crippen LogP contribution in [0.3, 0.4) is 0 Å². The van der Waals surface area contributed by atoms with Crippen LogP contribution in [0.4, 0.5) is 0 Å². The Morgan fingerprint density at radius 1 is 1.62 bits per heavy atom. The molecule has 0 saturated carbocycles. The highest BCUT2D eigenvalue weighted by atomic mass is 35.5. The van der Waals surface area contributed by atoms with Gasteiger partial charge in [-0.3, -0.25) is 4.68 Å². The van der Waals surface area contributed by atoms with E-state index in [0.29, 0.717) is 5.02 Å². The monoisotopic (exact) mass is 255 g/mol. The van der Waals surface area contributed by atoms with Crippen molar-refractivity contribution < 1.29 is 0 Å². The summed E-state index contributed by atoms with van der Waals surface area (Å²) in [6.45, 7) is 2.98. The second-order valence-corrected chi connectivity index (χ2v) is 4.89. The van der Waals surface area contributed by atoms with Gasteiger partial charge in [0.25, 0.3) is 0 Å². The van der Waals surface area contributed by atoms with E-state index in [4.69, 9.17) is 11.6 Å². The molecule has 0 saturated heterocycles. The Balaban J connectivity index is 2.40. The standard InChI is InChI=1S/C11H14ClN3S/c1-3-13-10(9-5-4-6-16-9)11-8(12)7-14-15(11)2/h4-7,10,13H,3H2,1-2H3. The summed E-state index contributed by atoms with van der Waals surface area (Å²) in [6.07, 6.45) is 1.69. The predicted molar refractivity (Wildman–Crippen MR) is 68.1 cm³/mol. The molecule has 1 N–H and O–H groups in total. The SMILES string of the molecule is CCNC(c1cccs1)c1c(Cl)cnn1C. The lowest BCUT2D eigenvalue weighted by Gasteiger charge is -2.17. The van der Waals surface area contributed by atoms with E-state index in [9.17, 15) is 0 Å². The summed E-state index contributed by atoms with van der Waals surface area (Å²) in [6, 6.07) is 4.29. The van der Waals surface area contributed by atoms with E-state index in [1.54, 1.807) is 17.5 Å². The average Bonchev–Trinajstić information content (AvgIpc) is 2.87. The van der Waals surface area contributed by atoms with Crippen molar-refractivity contribution in [1.82, 2.24) is 15.1 Å². The van der Waals surface area contributed by atoms with Crippen molar-refractivity contribution in [3.63, 3.8) is 0 Å². The molecule has 16 heavy (non-hydrogen) atoms. The third-order valence-corrected chi connectivity index (χ3v) is 3.68. The third kappa shape index (κ3) is 2.14. The minimum atomic E-state index is 0.130. The molecule has 0 spiro atoms. The van der Waals surface area contributed by atoms with Crippen LogP contribution in [0.15, 0.2) is 23.7 Å². The maximum absolute atomic E-state index is 6.17. The molecule has 1 atom stereocenters. The lowest BCUT2D eigenvalue weighted by Crippen LogP contribution is -2.23. The molecule has 0 bridgehead atoms. The van der Waals surface area contributed by atoms with Gasteiger partial charge in [0.15, 0.2) is 0 Å². The van der Waals surface area contributed by atoms with Crippen LogP contribution in [0.1, 0.15) is 23.5 Å². The molecular formula is C11H14ClN3S. The van der Waals surface area contributed by atoms with Gasteiger partial charge in [-0.2, -0.15) is 5.10 Å². The Hall–Kier alpha value is -0.840. The van der Waals surface area contributed by atoms with E-state index in [-0.39, 0.29) is 6.04 Å². The van der Waals surface area contributed by atoms with Crippen LogP contribution in [-0.2, 0) is 7.05 Å². The Labute approximate surface area is 104 Å². The Kier molecular flexibility index (Phi) is 3.63. The number of nitrogens with one attached hydrogen (secondary N) is 1. The predicted octanol–water partition coefficient (Wildman–Crippen LogP) is 2.83. The molecule has 0 aliphatic heterocycles. The van der Waals surface area contributed by atoms with E-state index < -0.39 is 0 Å². The van der Waals surface area contributed by atoms with E-state index in [1.165, 1.54) is 4.88 Å². The molecule has 2 aromatic heterocycles. The molecule has 0 aliphatic rings. The fourth-order valence-electron chi connectivity index (χ4n) is 1.74. The summed E-state index contributed by atoms with van der Waals surface area (Å²) in [4.78, 5) is 1.26. The van der Waals surface area contributed by atoms with Crippen LogP contribution in [0.2, 0.25) is 5.02 Å². The van der Waals surface area contributed by atoms with Gasteiger partial charge in [0.2, 0.25) is 0 Å². The van der Waals surface area contributed by atoms with Crippen molar-refractivity contribution in [2.45, 2.75) is 13.0 Å². The van der Waals surface area contributed by atoms with Crippen molar-refractivity contribution in [1.29, 1.82) is 0 Å². The third-order valence-electron chi connectivity index (χ3n) is 2.45. The maximum Gasteiger partial charge on any atom is 0.0856 e. The van der Waals surface area contributed by atoms with Gasteiger partial charge < -0.3 is 5.32 Å². The molecule has 0 aliphatic carbocycles. The summed E-state index contributed by atoms with van der Waals surface area (Å²) >= 11 is 7.90. The zero-order valence-electron chi connectivity index (χ0n) is 9.27. The van der Waals surface area contributed by atoms with Crippen molar-refractivity contribution in [2.24, 2.45) is 7.05 Å². The number of hydrogen-bond acceptors (Lipinski definition) is 3. The highest BCUT2D eigenvalue weighted by molar-refractivity contribution is 7.10. The number of thiophene rings is 1. The van der Waals surface area contributed by atoms with Gasteiger partial charge in [0, 0.05) is 11.9 Å². The van der Waals surface area contributed by atoms with Gasteiger partial charge in [0.1, 0.15) is 0 Å². The van der Waals surface area contributed by atoms with Crippen molar-refractivity contribution in [3.05, 3.63) is 39.3 Å². The molecule has 2 rings (SSSR count). The van der Waals surface area contributed by atoms with Crippen molar-refractivity contribution >= 4 is 22.9 Å². The summed E-state index contributed by atoms with van der Waals surface area (Å²) in [5, 5.41) is 10.4. The topological polar surface area (TPSA) is 29.9 Å². The molecular weight excluding hydrogens is 242 g/mol. The molecule has 5 heteroatoms. The first-order valence-electron chi connectivity index (χ1n) is 5.18. The Morgan fingerprint density at radius 3 is 2.94 bits per heavy atom. The van der Waals surface area contributed by atoms with E-state index >= 15 is 0 Å². The van der Waals surface area contributed by atoms with Crippen LogP contribution in [0.5, 0.6) is 0 Å². The van der Waals surface area contributed by atoms with E-state index in [0.717, 1.165) is 12.2 Å². The Bertz CT molecular complexity index is 430. The first kappa shape index (κ1) is 11.6. The van der Waals surface area contributed by atoms with Crippen LogP contribution in [0, 0.1) is 0 Å². The number of halogens is 1. The van der Waals surface area contributed by atoms with Crippen LogP contribution >= 0.6 is 22.9 Å². The zero-order valence-corrected chi connectivity index (χ0v) is 10.8. The van der Waals surface area contributed by atoms with Gasteiger partial charge in [0.05, 0.1) is 23.0 Å². The van der Waals surface area contributed by atoms with E-state index in [2.05, 4.69) is 34.9 Å². The van der Waals surface area contributed by atoms with Crippen LogP contribution in [-0.4, -0.2) is 16.3 Å². The lowest BCUT2D eigenvalue weighted by molar-refractivity contribution is 0.579. The van der Waals surface area contributed by atoms with Gasteiger partial charge in [-0.15, -0.1) is 11.3 Å². The zero-order chi connectivity index (χ0) is 11.5. The summed E-state index contributed by atoms with van der Waals surface area (Å²) in [5.41, 5.74) is 1.02. The van der Waals surface area contributed by atoms with Crippen molar-refractivity contribution in [3.8, 4) is 0 Å². The molecule has 0 amide bonds. The minimum Gasteiger partial charge on any atom is -0.305 e. The summed E-state index contributed by atoms with van der Waals surface area (Å²) in [7, 11) is 1.92. The first-order chi connectivity index (χ1) is 7.74. The second-order valence-electron chi connectivity index (χ2n) is 3.51. The van der Waals surface area contributed by atoms with Crippen LogP contribution < -0.4 is 5.32 Å². The van der Waals surface area contributed by atoms with Gasteiger partial charge in [-0.1, -0.05) is 24.6 Å². The summed E-state index contributed by atoms with van der Waals surface area (Å²) in [5.74, 6) is 0. The normalized spacial score (nSPS) is 12.9. The highest BCUT2D eigenvalue weighted by Gasteiger charge is 2.20. The number of hydrogen-bond donors (Lipinski definition) is 1. The number of nitrogens with zero attached hydrogens (tertiary/aromatic N) is 2. The highest BCUT2D eigenvalue weighted by Crippen LogP contribution is 2.30. The second kappa shape index (κ2) is 4.99. The number of rotatable bonds is 4. The van der Waals surface area contributed by atoms with Gasteiger partial charge >= 0.3 is 0 Å². The average molecular weight is 256 g/mol. The number of aryl methyl sites for hydroxylation is 1. The summed E-state index contributed by atoms with van der Waals surface area (Å²) < 4.78 is 1.83. The molecule has 2 heterocycles. The molecule has 0 aromatic carbocycles. The quantitative estimate of drug-likeness (QED) is 0.911. The Morgan fingerprint density at radius 2 is 2.44 bits per heavy atom.